The van der Waals surface area contributed by atoms with Crippen LogP contribution in [0.1, 0.15) is 44.7 Å². The monoisotopic (exact) mass is 416 g/mol. The van der Waals surface area contributed by atoms with E-state index in [1.807, 2.05) is 24.3 Å². The molecule has 6 nitrogen and oxygen atoms in total. The SMILES string of the molecule is CCC1(C)CC(C(=O)NO)Cc2cc(-c3cccc(NS(=O)(=O)CC)c3)ccc21. The lowest BCUT2D eigenvalue weighted by atomic mass is 9.65. The molecule has 2 unspecified atom stereocenters. The first-order chi connectivity index (χ1) is 13.7. The summed E-state index contributed by atoms with van der Waals surface area (Å²) in [4.78, 5) is 12.1. The first-order valence-electron chi connectivity index (χ1n) is 9.89. The molecule has 0 saturated heterocycles. The van der Waals surface area contributed by atoms with Gasteiger partial charge in [0, 0.05) is 11.6 Å². The fourth-order valence-electron chi connectivity index (χ4n) is 4.15. The molecular formula is C22H28N2O4S. The zero-order valence-electron chi connectivity index (χ0n) is 17.0. The maximum Gasteiger partial charge on any atom is 0.246 e. The van der Waals surface area contributed by atoms with E-state index in [2.05, 4.69) is 30.7 Å². The van der Waals surface area contributed by atoms with Gasteiger partial charge >= 0.3 is 0 Å². The van der Waals surface area contributed by atoms with Crippen molar-refractivity contribution in [2.75, 3.05) is 10.5 Å². The lowest BCUT2D eigenvalue weighted by Crippen LogP contribution is -2.39. The number of rotatable bonds is 6. The van der Waals surface area contributed by atoms with Gasteiger partial charge in [0.25, 0.3) is 0 Å². The van der Waals surface area contributed by atoms with Gasteiger partial charge in [0.15, 0.2) is 0 Å². The van der Waals surface area contributed by atoms with Crippen LogP contribution in [0.15, 0.2) is 42.5 Å². The summed E-state index contributed by atoms with van der Waals surface area (Å²) < 4.78 is 26.3. The lowest BCUT2D eigenvalue weighted by Gasteiger charge is -2.39. The van der Waals surface area contributed by atoms with Crippen molar-refractivity contribution >= 4 is 21.6 Å². The first-order valence-corrected chi connectivity index (χ1v) is 11.5. The summed E-state index contributed by atoms with van der Waals surface area (Å²) in [5.74, 6) is -0.618. The van der Waals surface area contributed by atoms with Gasteiger partial charge in [-0.25, -0.2) is 13.9 Å². The zero-order valence-corrected chi connectivity index (χ0v) is 17.8. The average molecular weight is 417 g/mol. The molecule has 1 aliphatic carbocycles. The second-order valence-electron chi connectivity index (χ2n) is 7.95. The third-order valence-electron chi connectivity index (χ3n) is 6.03. The number of benzene rings is 2. The zero-order chi connectivity index (χ0) is 21.2. The number of hydroxylamine groups is 1. The molecule has 3 N–H and O–H groups in total. The first kappa shape index (κ1) is 21.3. The Labute approximate surface area is 172 Å². The molecule has 1 aliphatic rings. The molecule has 0 heterocycles. The van der Waals surface area contributed by atoms with Crippen LogP contribution in [0.4, 0.5) is 5.69 Å². The van der Waals surface area contributed by atoms with Crippen LogP contribution in [0.25, 0.3) is 11.1 Å². The molecule has 0 aromatic heterocycles. The van der Waals surface area contributed by atoms with E-state index >= 15 is 0 Å². The number of carbonyl (C=O) groups excluding carboxylic acids is 1. The minimum atomic E-state index is -3.34. The average Bonchev–Trinajstić information content (AvgIpc) is 2.72. The number of hydrogen-bond acceptors (Lipinski definition) is 4. The molecule has 156 valence electrons. The fourth-order valence-corrected chi connectivity index (χ4v) is 4.78. The summed E-state index contributed by atoms with van der Waals surface area (Å²) >= 11 is 0. The summed E-state index contributed by atoms with van der Waals surface area (Å²) in [6, 6.07) is 13.5. The Morgan fingerprint density at radius 3 is 2.55 bits per heavy atom. The number of sulfonamides is 1. The Balaban J connectivity index is 1.99. The van der Waals surface area contributed by atoms with Gasteiger partial charge in [-0.3, -0.25) is 14.7 Å². The van der Waals surface area contributed by atoms with Gasteiger partial charge in [0.1, 0.15) is 0 Å². The maximum atomic E-state index is 12.1. The second kappa shape index (κ2) is 8.16. The number of carbonyl (C=O) groups is 1. The van der Waals surface area contributed by atoms with E-state index in [4.69, 9.17) is 5.21 Å². The molecular weight excluding hydrogens is 388 g/mol. The van der Waals surface area contributed by atoms with Crippen LogP contribution in [0.2, 0.25) is 0 Å². The standard InChI is InChI=1S/C22H28N2O4S/c1-4-22(3)14-18(21(25)23-26)12-17-11-16(9-10-20(17)22)15-7-6-8-19(13-15)24-29(27,28)5-2/h6-11,13,18,24,26H,4-5,12,14H2,1-3H3,(H,23,25). The van der Waals surface area contributed by atoms with Gasteiger partial charge in [-0.1, -0.05) is 44.2 Å². The summed E-state index contributed by atoms with van der Waals surface area (Å²) in [6.45, 7) is 5.86. The molecule has 2 aromatic rings. The molecule has 2 atom stereocenters. The van der Waals surface area contributed by atoms with E-state index in [-0.39, 0.29) is 23.0 Å². The van der Waals surface area contributed by atoms with Crippen LogP contribution < -0.4 is 10.2 Å². The third-order valence-corrected chi connectivity index (χ3v) is 7.34. The molecule has 0 saturated carbocycles. The van der Waals surface area contributed by atoms with Crippen LogP contribution in [0.3, 0.4) is 0 Å². The number of amides is 1. The van der Waals surface area contributed by atoms with Crippen LogP contribution in [-0.4, -0.2) is 25.3 Å². The molecule has 0 aliphatic heterocycles. The van der Waals surface area contributed by atoms with E-state index in [9.17, 15) is 13.2 Å². The van der Waals surface area contributed by atoms with Gasteiger partial charge in [0.05, 0.1) is 5.75 Å². The second-order valence-corrected chi connectivity index (χ2v) is 9.96. The molecule has 0 bridgehead atoms. The Bertz CT molecular complexity index is 1020. The summed E-state index contributed by atoms with van der Waals surface area (Å²) in [5, 5.41) is 9.10. The predicted molar refractivity (Wildman–Crippen MR) is 114 cm³/mol. The summed E-state index contributed by atoms with van der Waals surface area (Å²) in [7, 11) is -3.34. The Hall–Kier alpha value is -2.38. The van der Waals surface area contributed by atoms with E-state index in [0.29, 0.717) is 18.5 Å². The normalized spacial score (nSPS) is 21.3. The van der Waals surface area contributed by atoms with Crippen molar-refractivity contribution in [1.29, 1.82) is 0 Å². The van der Waals surface area contributed by atoms with Crippen molar-refractivity contribution in [3.05, 3.63) is 53.6 Å². The van der Waals surface area contributed by atoms with Crippen molar-refractivity contribution in [2.24, 2.45) is 5.92 Å². The van der Waals surface area contributed by atoms with Gasteiger partial charge in [0.2, 0.25) is 15.9 Å². The van der Waals surface area contributed by atoms with E-state index in [1.54, 1.807) is 18.5 Å². The minimum Gasteiger partial charge on any atom is -0.289 e. The topological polar surface area (TPSA) is 95.5 Å². The molecule has 0 fully saturated rings. The lowest BCUT2D eigenvalue weighted by molar-refractivity contribution is -0.134. The van der Waals surface area contributed by atoms with E-state index in [1.165, 1.54) is 5.56 Å². The Kier molecular flexibility index (Phi) is 6.00. The summed E-state index contributed by atoms with van der Waals surface area (Å²) in [6.07, 6.45) is 2.15. The van der Waals surface area contributed by atoms with Crippen molar-refractivity contribution < 1.29 is 18.4 Å². The fraction of sp³-hybridized carbons (Fsp3) is 0.409. The van der Waals surface area contributed by atoms with E-state index < -0.39 is 10.0 Å². The maximum absolute atomic E-state index is 12.1. The van der Waals surface area contributed by atoms with Crippen LogP contribution in [-0.2, 0) is 26.7 Å². The largest absolute Gasteiger partial charge is 0.289 e. The highest BCUT2D eigenvalue weighted by Gasteiger charge is 2.38. The molecule has 1 amide bonds. The smallest absolute Gasteiger partial charge is 0.246 e. The highest BCUT2D eigenvalue weighted by atomic mass is 32.2. The highest BCUT2D eigenvalue weighted by molar-refractivity contribution is 7.92. The van der Waals surface area contributed by atoms with Crippen LogP contribution in [0.5, 0.6) is 0 Å². The van der Waals surface area contributed by atoms with Crippen LogP contribution in [0, 0.1) is 5.92 Å². The van der Waals surface area contributed by atoms with Gasteiger partial charge in [-0.15, -0.1) is 0 Å². The predicted octanol–water partition coefficient (Wildman–Crippen LogP) is 3.85. The molecule has 2 aromatic carbocycles. The molecule has 0 spiro atoms. The minimum absolute atomic E-state index is 0.0139. The third kappa shape index (κ3) is 4.46. The highest BCUT2D eigenvalue weighted by Crippen LogP contribution is 2.43. The van der Waals surface area contributed by atoms with Crippen molar-refractivity contribution in [2.45, 2.75) is 45.4 Å². The summed E-state index contributed by atoms with van der Waals surface area (Å²) in [5.41, 5.74) is 6.37. The Morgan fingerprint density at radius 1 is 1.17 bits per heavy atom. The van der Waals surface area contributed by atoms with Gasteiger partial charge in [-0.2, -0.15) is 0 Å². The number of nitrogens with one attached hydrogen (secondary N) is 2. The molecule has 7 heteroatoms. The Morgan fingerprint density at radius 2 is 1.90 bits per heavy atom. The quantitative estimate of drug-likeness (QED) is 0.492. The van der Waals surface area contributed by atoms with Gasteiger partial charge in [-0.05, 0) is 66.0 Å². The van der Waals surface area contributed by atoms with Gasteiger partial charge < -0.3 is 0 Å². The number of fused-ring (bicyclic) bond motifs is 1. The number of hydrogen-bond donors (Lipinski definition) is 3. The van der Waals surface area contributed by atoms with Crippen molar-refractivity contribution in [3.8, 4) is 11.1 Å². The van der Waals surface area contributed by atoms with Crippen molar-refractivity contribution in [3.63, 3.8) is 0 Å². The molecule has 0 radical (unpaired) electrons. The molecule has 3 rings (SSSR count). The number of anilines is 1. The van der Waals surface area contributed by atoms with Crippen molar-refractivity contribution in [1.82, 2.24) is 5.48 Å². The molecule has 29 heavy (non-hydrogen) atoms. The van der Waals surface area contributed by atoms with Crippen LogP contribution >= 0.6 is 0 Å². The van der Waals surface area contributed by atoms with E-state index in [0.717, 1.165) is 23.1 Å².